The van der Waals surface area contributed by atoms with Crippen LogP contribution in [0.25, 0.3) is 0 Å². The third-order valence-electron chi connectivity index (χ3n) is 3.81. The van der Waals surface area contributed by atoms with Crippen LogP contribution in [0.2, 0.25) is 5.02 Å². The van der Waals surface area contributed by atoms with Gasteiger partial charge in [-0.3, -0.25) is 9.59 Å². The number of benzene rings is 1. The van der Waals surface area contributed by atoms with Gasteiger partial charge in [0.15, 0.2) is 0 Å². The van der Waals surface area contributed by atoms with Gasteiger partial charge in [-0.2, -0.15) is 0 Å². The van der Waals surface area contributed by atoms with Crippen molar-refractivity contribution in [1.29, 1.82) is 0 Å². The van der Waals surface area contributed by atoms with E-state index in [2.05, 4.69) is 19.6 Å². The zero-order valence-electron chi connectivity index (χ0n) is 13.7. The Kier molecular flexibility index (Phi) is 4.43. The second kappa shape index (κ2) is 5.72. The summed E-state index contributed by atoms with van der Waals surface area (Å²) in [5.74, 6) is -0.495. The van der Waals surface area contributed by atoms with Gasteiger partial charge >= 0.3 is 0 Å². The van der Waals surface area contributed by atoms with E-state index in [9.17, 15) is 9.59 Å². The maximum Gasteiger partial charge on any atom is 0.261 e. The van der Waals surface area contributed by atoms with Crippen LogP contribution in [0.5, 0.6) is 0 Å². The van der Waals surface area contributed by atoms with Crippen LogP contribution in [0.4, 0.5) is 5.69 Å². The predicted octanol–water partition coefficient (Wildman–Crippen LogP) is 4.07. The summed E-state index contributed by atoms with van der Waals surface area (Å²) in [7, 11) is 0. The summed E-state index contributed by atoms with van der Waals surface area (Å²) in [5.41, 5.74) is 3.40. The molecule has 0 N–H and O–H groups in total. The van der Waals surface area contributed by atoms with Crippen LogP contribution in [0.1, 0.15) is 25.0 Å². The van der Waals surface area contributed by atoms with E-state index in [4.69, 9.17) is 11.6 Å². The highest BCUT2D eigenvalue weighted by Gasteiger charge is 2.35. The van der Waals surface area contributed by atoms with Crippen LogP contribution in [-0.2, 0) is 15.8 Å². The van der Waals surface area contributed by atoms with Gasteiger partial charge in [0, 0.05) is 16.2 Å². The van der Waals surface area contributed by atoms with E-state index in [0.29, 0.717) is 21.9 Å². The van der Waals surface area contributed by atoms with Gasteiger partial charge in [0.25, 0.3) is 11.8 Å². The smallest absolute Gasteiger partial charge is 0.261 e. The molecule has 1 aromatic carbocycles. The van der Waals surface area contributed by atoms with Crippen molar-refractivity contribution in [2.24, 2.45) is 0 Å². The molecule has 3 nitrogen and oxygen atoms in total. The lowest BCUT2D eigenvalue weighted by molar-refractivity contribution is -0.120. The molecule has 22 heavy (non-hydrogen) atoms. The number of carbonyl (C=O) groups is 2. The summed E-state index contributed by atoms with van der Waals surface area (Å²) in [6.45, 7) is 8.17. The number of halogens is 1. The van der Waals surface area contributed by atoms with Gasteiger partial charge in [0.1, 0.15) is 0 Å². The van der Waals surface area contributed by atoms with E-state index < -0.39 is 6.89 Å². The Morgan fingerprint density at radius 3 is 2.05 bits per heavy atom. The first-order valence-corrected chi connectivity index (χ1v) is 10.5. The lowest BCUT2D eigenvalue weighted by atomic mass is 10.1. The largest absolute Gasteiger partial charge is 0.269 e. The second-order valence-electron chi connectivity index (χ2n) is 6.52. The number of carbonyl (C=O) groups excluding carboxylic acids is 2. The standard InChI is InChI=1S/C17H21ClNO2P/c1-10-7-14(18)13(9-22(4,5)6)8-15(10)19-16(20)11(2)12(3)17(19)21/h7-8H,4,9H2,1-3,5-6H3. The Bertz CT molecular complexity index is 734. The number of hydrogen-bond acceptors (Lipinski definition) is 2. The van der Waals surface area contributed by atoms with Crippen LogP contribution >= 0.6 is 18.5 Å². The molecule has 0 unspecified atom stereocenters. The molecule has 0 spiro atoms. The van der Waals surface area contributed by atoms with Crippen LogP contribution in [0.3, 0.4) is 0 Å². The second-order valence-corrected chi connectivity index (χ2v) is 11.1. The van der Waals surface area contributed by atoms with Crippen LogP contribution < -0.4 is 4.90 Å². The molecule has 0 bridgehead atoms. The Balaban J connectivity index is 2.54. The number of anilines is 1. The fraction of sp³-hybridized carbons (Fsp3) is 0.353. The van der Waals surface area contributed by atoms with E-state index in [1.54, 1.807) is 13.8 Å². The van der Waals surface area contributed by atoms with Crippen molar-refractivity contribution in [2.75, 3.05) is 18.2 Å². The molecule has 0 fully saturated rings. The van der Waals surface area contributed by atoms with Crippen molar-refractivity contribution < 1.29 is 9.59 Å². The number of amides is 2. The molecule has 0 saturated heterocycles. The minimum atomic E-state index is -1.32. The monoisotopic (exact) mass is 337 g/mol. The highest BCUT2D eigenvalue weighted by Crippen LogP contribution is 2.43. The third-order valence-corrected chi connectivity index (χ3v) is 5.36. The Labute approximate surface area is 136 Å². The van der Waals surface area contributed by atoms with Crippen molar-refractivity contribution >= 4 is 42.3 Å². The fourth-order valence-corrected chi connectivity index (χ4v) is 4.06. The summed E-state index contributed by atoms with van der Waals surface area (Å²) in [5, 5.41) is 0.665. The lowest BCUT2D eigenvalue weighted by Crippen LogP contribution is -2.32. The molecule has 1 aliphatic rings. The SMILES string of the molecule is C=P(C)(C)Cc1cc(N2C(=O)C(C)=C(C)C2=O)c(C)cc1Cl. The van der Waals surface area contributed by atoms with Gasteiger partial charge in [0.2, 0.25) is 0 Å². The highest BCUT2D eigenvalue weighted by atomic mass is 35.5. The van der Waals surface area contributed by atoms with Gasteiger partial charge in [-0.1, -0.05) is 11.6 Å². The normalized spacial score (nSPS) is 16.0. The Hall–Kier alpha value is -1.31. The van der Waals surface area contributed by atoms with Crippen molar-refractivity contribution in [3.8, 4) is 0 Å². The molecule has 0 aromatic heterocycles. The Morgan fingerprint density at radius 2 is 1.59 bits per heavy atom. The van der Waals surface area contributed by atoms with Crippen LogP contribution in [-0.4, -0.2) is 31.4 Å². The molecule has 5 heteroatoms. The van der Waals surface area contributed by atoms with E-state index in [1.165, 1.54) is 4.90 Å². The maximum atomic E-state index is 12.4. The van der Waals surface area contributed by atoms with Gasteiger partial charge in [-0.25, -0.2) is 4.90 Å². The molecule has 0 radical (unpaired) electrons. The minimum absolute atomic E-state index is 0.248. The first kappa shape index (κ1) is 17.1. The topological polar surface area (TPSA) is 37.4 Å². The molecular formula is C17H21ClNO2P. The van der Waals surface area contributed by atoms with Crippen molar-refractivity contribution in [3.05, 3.63) is 39.4 Å². The van der Waals surface area contributed by atoms with Gasteiger partial charge < -0.3 is 0 Å². The van der Waals surface area contributed by atoms with Crippen LogP contribution in [0.15, 0.2) is 23.3 Å². The van der Waals surface area contributed by atoms with E-state index >= 15 is 0 Å². The molecule has 0 atom stereocenters. The minimum Gasteiger partial charge on any atom is -0.269 e. The van der Waals surface area contributed by atoms with E-state index in [-0.39, 0.29) is 11.8 Å². The summed E-state index contributed by atoms with van der Waals surface area (Å²) >= 11 is 6.34. The summed E-state index contributed by atoms with van der Waals surface area (Å²) in [4.78, 5) is 26.0. The molecule has 2 amide bonds. The molecule has 1 aliphatic heterocycles. The van der Waals surface area contributed by atoms with Gasteiger partial charge in [-0.05, 0) is 63.5 Å². The maximum absolute atomic E-state index is 12.4. The van der Waals surface area contributed by atoms with Gasteiger partial charge in [-0.15, -0.1) is 13.2 Å². The number of imide groups is 1. The lowest BCUT2D eigenvalue weighted by Gasteiger charge is -2.21. The van der Waals surface area contributed by atoms with Gasteiger partial charge in [0.05, 0.1) is 5.69 Å². The average Bonchev–Trinajstić information content (AvgIpc) is 2.57. The molecule has 118 valence electrons. The Morgan fingerprint density at radius 1 is 1.09 bits per heavy atom. The summed E-state index contributed by atoms with van der Waals surface area (Å²) in [6.07, 6.45) is 4.99. The third kappa shape index (κ3) is 3.06. The molecule has 2 rings (SSSR count). The zero-order valence-corrected chi connectivity index (χ0v) is 15.3. The average molecular weight is 338 g/mol. The molecule has 0 aliphatic carbocycles. The van der Waals surface area contributed by atoms with Crippen molar-refractivity contribution in [2.45, 2.75) is 26.9 Å². The quantitative estimate of drug-likeness (QED) is 0.616. The molecular weight excluding hydrogens is 317 g/mol. The first-order valence-electron chi connectivity index (χ1n) is 7.05. The summed E-state index contributed by atoms with van der Waals surface area (Å²) in [6, 6.07) is 3.69. The van der Waals surface area contributed by atoms with Crippen molar-refractivity contribution in [1.82, 2.24) is 0 Å². The number of rotatable bonds is 3. The number of aryl methyl sites for hydroxylation is 1. The molecule has 1 aromatic rings. The zero-order chi connectivity index (χ0) is 16.8. The van der Waals surface area contributed by atoms with Crippen LogP contribution in [0, 0.1) is 6.92 Å². The number of nitrogens with zero attached hydrogens (tertiary/aromatic N) is 1. The fourth-order valence-electron chi connectivity index (χ4n) is 2.49. The van der Waals surface area contributed by atoms with E-state index in [1.807, 2.05) is 19.1 Å². The number of hydrogen-bond donors (Lipinski definition) is 0. The molecule has 1 heterocycles. The van der Waals surface area contributed by atoms with Crippen molar-refractivity contribution in [3.63, 3.8) is 0 Å². The highest BCUT2D eigenvalue weighted by molar-refractivity contribution is 7.71. The summed E-state index contributed by atoms with van der Waals surface area (Å²) < 4.78 is 0. The molecule has 0 saturated carbocycles. The predicted molar refractivity (Wildman–Crippen MR) is 96.6 cm³/mol. The van der Waals surface area contributed by atoms with E-state index in [0.717, 1.165) is 17.3 Å². The first-order chi connectivity index (χ1) is 10.0.